The first-order valence-corrected chi connectivity index (χ1v) is 3.96. The van der Waals surface area contributed by atoms with Crippen LogP contribution in [0.5, 0.6) is 0 Å². The molecule has 0 aromatic carbocycles. The zero-order valence-electron chi connectivity index (χ0n) is 6.75. The highest BCUT2D eigenvalue weighted by molar-refractivity contribution is 6.46. The monoisotopic (exact) mass is 280 g/mol. The van der Waals surface area contributed by atoms with Crippen LogP contribution in [-0.2, 0) is 9.47 Å². The molecular weight excluding hydrogens is 277 g/mol. The van der Waals surface area contributed by atoms with Crippen LogP contribution < -0.4 is 0 Å². The Labute approximate surface area is 90.0 Å². The Bertz CT molecular complexity index is 181. The van der Waals surface area contributed by atoms with Crippen molar-refractivity contribution in [2.24, 2.45) is 0 Å². The maximum absolute atomic E-state index is 11.5. The molecule has 0 aliphatic heterocycles. The van der Waals surface area contributed by atoms with Crippen LogP contribution in [0.4, 0.5) is 26.3 Å². The van der Waals surface area contributed by atoms with Crippen molar-refractivity contribution in [1.82, 2.24) is 0 Å². The molecular formula is C5H4Cl2F6O2. The first-order valence-electron chi connectivity index (χ1n) is 3.20. The lowest BCUT2D eigenvalue weighted by atomic mass is 10.7. The highest BCUT2D eigenvalue weighted by Crippen LogP contribution is 2.30. The third-order valence-electron chi connectivity index (χ3n) is 0.808. The second-order valence-electron chi connectivity index (χ2n) is 2.27. The Morgan fingerprint density at radius 3 is 1.20 bits per heavy atom. The van der Waals surface area contributed by atoms with Gasteiger partial charge in [0.2, 0.25) is 0 Å². The quantitative estimate of drug-likeness (QED) is 0.447. The van der Waals surface area contributed by atoms with E-state index in [0.29, 0.717) is 0 Å². The molecule has 2 nitrogen and oxygen atoms in total. The Kier molecular flexibility index (Phi) is 4.97. The van der Waals surface area contributed by atoms with Crippen LogP contribution in [0.1, 0.15) is 0 Å². The van der Waals surface area contributed by atoms with Crippen LogP contribution in [0.15, 0.2) is 0 Å². The van der Waals surface area contributed by atoms with Gasteiger partial charge < -0.3 is 9.47 Å². The minimum atomic E-state index is -4.77. The van der Waals surface area contributed by atoms with Crippen molar-refractivity contribution >= 4 is 23.2 Å². The molecule has 10 heteroatoms. The highest BCUT2D eigenvalue weighted by atomic mass is 35.5. The molecule has 0 aromatic heterocycles. The summed E-state index contributed by atoms with van der Waals surface area (Å²) in [4.78, 5) is 0. The number of hydrogen-bond donors (Lipinski definition) is 0. The van der Waals surface area contributed by atoms with Gasteiger partial charge in [-0.1, -0.05) is 0 Å². The molecule has 0 rings (SSSR count). The predicted molar refractivity (Wildman–Crippen MR) is 38.5 cm³/mol. The molecule has 0 unspecified atom stereocenters. The van der Waals surface area contributed by atoms with Gasteiger partial charge in [0.15, 0.2) is 0 Å². The second-order valence-corrected chi connectivity index (χ2v) is 3.46. The zero-order valence-corrected chi connectivity index (χ0v) is 8.27. The van der Waals surface area contributed by atoms with Crippen LogP contribution in [0.2, 0.25) is 0 Å². The molecule has 0 aliphatic carbocycles. The SMILES string of the molecule is FC(F)(F)COC(Cl)(Cl)OCC(F)(F)F. The van der Waals surface area contributed by atoms with E-state index in [1.807, 2.05) is 0 Å². The van der Waals surface area contributed by atoms with E-state index in [1.165, 1.54) is 0 Å². The summed E-state index contributed by atoms with van der Waals surface area (Å²) in [5.74, 6) is 0. The maximum Gasteiger partial charge on any atom is 0.412 e. The lowest BCUT2D eigenvalue weighted by Gasteiger charge is -2.21. The van der Waals surface area contributed by atoms with Crippen molar-refractivity contribution in [3.05, 3.63) is 0 Å². The lowest BCUT2D eigenvalue weighted by molar-refractivity contribution is -0.250. The van der Waals surface area contributed by atoms with E-state index in [0.717, 1.165) is 0 Å². The van der Waals surface area contributed by atoms with Gasteiger partial charge in [-0.15, -0.1) is 0 Å². The summed E-state index contributed by atoms with van der Waals surface area (Å²) >= 11 is 9.74. The van der Waals surface area contributed by atoms with Crippen molar-refractivity contribution in [2.45, 2.75) is 17.1 Å². The molecule has 0 saturated carbocycles. The van der Waals surface area contributed by atoms with E-state index in [4.69, 9.17) is 23.2 Å². The normalized spacial score (nSPS) is 14.4. The van der Waals surface area contributed by atoms with Gasteiger partial charge >= 0.3 is 17.1 Å². The molecule has 0 N–H and O–H groups in total. The summed E-state index contributed by atoms with van der Waals surface area (Å²) in [6.07, 6.45) is -9.53. The highest BCUT2D eigenvalue weighted by Gasteiger charge is 2.39. The van der Waals surface area contributed by atoms with Crippen molar-refractivity contribution in [1.29, 1.82) is 0 Å². The maximum atomic E-state index is 11.5. The van der Waals surface area contributed by atoms with Crippen LogP contribution in [0.25, 0.3) is 0 Å². The van der Waals surface area contributed by atoms with Gasteiger partial charge in [0, 0.05) is 0 Å². The Morgan fingerprint density at radius 2 is 1.00 bits per heavy atom. The third kappa shape index (κ3) is 10.4. The van der Waals surface area contributed by atoms with Crippen molar-refractivity contribution in [2.75, 3.05) is 13.2 Å². The molecule has 92 valence electrons. The molecule has 0 bridgehead atoms. The molecule has 0 fully saturated rings. The standard InChI is InChI=1S/C5H4Cl2F6O2/c6-5(7,14-1-3(8,9)10)15-2-4(11,12)13/h1-2H2. The predicted octanol–water partition coefficient (Wildman–Crippen LogP) is 3.23. The van der Waals surface area contributed by atoms with Gasteiger partial charge in [-0.2, -0.15) is 26.3 Å². The van der Waals surface area contributed by atoms with Crippen molar-refractivity contribution in [3.63, 3.8) is 0 Å². The van der Waals surface area contributed by atoms with Crippen LogP contribution >= 0.6 is 23.2 Å². The van der Waals surface area contributed by atoms with Gasteiger partial charge in [-0.05, 0) is 23.2 Å². The van der Waals surface area contributed by atoms with Gasteiger partial charge in [0.25, 0.3) is 0 Å². The molecule has 0 aromatic rings. The number of rotatable bonds is 4. The molecule has 0 amide bonds. The van der Waals surface area contributed by atoms with Crippen LogP contribution in [0.3, 0.4) is 0 Å². The van der Waals surface area contributed by atoms with Gasteiger partial charge in [0.1, 0.15) is 13.2 Å². The van der Waals surface area contributed by atoms with Crippen LogP contribution in [0, 0.1) is 0 Å². The summed E-state index contributed by atoms with van der Waals surface area (Å²) in [7, 11) is 0. The number of hydrogen-bond acceptors (Lipinski definition) is 2. The van der Waals surface area contributed by atoms with E-state index in [-0.39, 0.29) is 0 Å². The molecule has 0 saturated heterocycles. The molecule has 0 spiro atoms. The number of halogens is 8. The Hall–Kier alpha value is 0.0800. The Balaban J connectivity index is 3.98. The van der Waals surface area contributed by atoms with Gasteiger partial charge in [-0.3, -0.25) is 0 Å². The summed E-state index contributed by atoms with van der Waals surface area (Å²) in [6, 6.07) is 0. The fourth-order valence-corrected chi connectivity index (χ4v) is 0.592. The van der Waals surface area contributed by atoms with Crippen LogP contribution in [-0.4, -0.2) is 30.3 Å². The van der Waals surface area contributed by atoms with Gasteiger partial charge in [-0.25, -0.2) is 0 Å². The zero-order chi connectivity index (χ0) is 12.3. The van der Waals surface area contributed by atoms with E-state index in [9.17, 15) is 26.3 Å². The molecule has 0 radical (unpaired) electrons. The van der Waals surface area contributed by atoms with Gasteiger partial charge in [0.05, 0.1) is 0 Å². The molecule has 0 aliphatic rings. The van der Waals surface area contributed by atoms with E-state index in [1.54, 1.807) is 0 Å². The van der Waals surface area contributed by atoms with E-state index < -0.39 is 30.3 Å². The smallest absolute Gasteiger partial charge is 0.315 e. The lowest BCUT2D eigenvalue weighted by Crippen LogP contribution is -2.32. The second kappa shape index (κ2) is 4.94. The summed E-state index contributed by atoms with van der Waals surface area (Å²) in [5, 5.41) is 0. The molecule has 0 atom stereocenters. The summed E-state index contributed by atoms with van der Waals surface area (Å²) in [5.41, 5.74) is 0. The average molecular weight is 281 g/mol. The van der Waals surface area contributed by atoms with Crippen molar-refractivity contribution < 1.29 is 35.8 Å². The van der Waals surface area contributed by atoms with Crippen molar-refractivity contribution in [3.8, 4) is 0 Å². The number of ether oxygens (including phenoxy) is 2. The third-order valence-corrected chi connectivity index (χ3v) is 1.24. The van der Waals surface area contributed by atoms with E-state index >= 15 is 0 Å². The Morgan fingerprint density at radius 1 is 0.733 bits per heavy atom. The fourth-order valence-electron chi connectivity index (χ4n) is 0.373. The summed E-state index contributed by atoms with van der Waals surface area (Å²) in [6.45, 7) is -3.84. The topological polar surface area (TPSA) is 18.5 Å². The fraction of sp³-hybridized carbons (Fsp3) is 1.00. The number of alkyl halides is 8. The summed E-state index contributed by atoms with van der Waals surface area (Å²) < 4.78 is 73.6. The molecule has 0 heterocycles. The first-order chi connectivity index (χ1) is 6.41. The minimum Gasteiger partial charge on any atom is -0.315 e. The minimum absolute atomic E-state index is 1.92. The molecule has 15 heavy (non-hydrogen) atoms. The van der Waals surface area contributed by atoms with E-state index in [2.05, 4.69) is 9.47 Å². The largest absolute Gasteiger partial charge is 0.412 e. The average Bonchev–Trinajstić information content (AvgIpc) is 1.96. The first kappa shape index (κ1) is 15.1.